The molecule has 6 atom stereocenters. The van der Waals surface area contributed by atoms with Crippen LogP contribution < -0.4 is 0 Å². The molecule has 0 aromatic carbocycles. The summed E-state index contributed by atoms with van der Waals surface area (Å²) in [6.07, 6.45) is 13.3. The molecule has 3 nitrogen and oxygen atoms in total. The Balaban J connectivity index is 1.18. The van der Waals surface area contributed by atoms with Crippen molar-refractivity contribution in [1.82, 2.24) is 0 Å². The van der Waals surface area contributed by atoms with Gasteiger partial charge in [0.2, 0.25) is 0 Å². The van der Waals surface area contributed by atoms with Crippen LogP contribution in [0.4, 0.5) is 0 Å². The largest absolute Gasteiger partial charge is 0.455 e. The van der Waals surface area contributed by atoms with Gasteiger partial charge in [0.15, 0.2) is 16.6 Å². The molecule has 0 radical (unpaired) electrons. The zero-order valence-electron chi connectivity index (χ0n) is 16.8. The molecule has 2 saturated heterocycles. The summed E-state index contributed by atoms with van der Waals surface area (Å²) in [5, 5.41) is 0. The average Bonchev–Trinajstić information content (AvgIpc) is 3.42. The Morgan fingerprint density at radius 3 is 1.52 bits per heavy atom. The Kier molecular flexibility index (Phi) is 5.26. The van der Waals surface area contributed by atoms with Gasteiger partial charge in [0, 0.05) is 0 Å². The molecular formula is C20H38O3Si2. The second kappa shape index (κ2) is 7.04. The number of rotatable bonds is 8. The highest BCUT2D eigenvalue weighted by molar-refractivity contribution is 6.84. The van der Waals surface area contributed by atoms with E-state index >= 15 is 0 Å². The van der Waals surface area contributed by atoms with Crippen LogP contribution >= 0.6 is 0 Å². The molecule has 2 heterocycles. The third-order valence-electron chi connectivity index (χ3n) is 7.09. The molecule has 5 heteroatoms. The molecule has 25 heavy (non-hydrogen) atoms. The first-order valence-corrected chi connectivity index (χ1v) is 17.0. The average molecular weight is 383 g/mol. The number of hydrogen-bond acceptors (Lipinski definition) is 3. The van der Waals surface area contributed by atoms with Gasteiger partial charge in [0.05, 0.1) is 24.4 Å². The van der Waals surface area contributed by atoms with E-state index in [0.29, 0.717) is 24.4 Å². The molecule has 4 aliphatic rings. The van der Waals surface area contributed by atoms with E-state index in [1.54, 1.807) is 0 Å². The maximum atomic E-state index is 6.90. The highest BCUT2D eigenvalue weighted by Crippen LogP contribution is 2.43. The molecule has 0 spiro atoms. The quantitative estimate of drug-likeness (QED) is 0.420. The molecule has 0 bridgehead atoms. The van der Waals surface area contributed by atoms with Crippen molar-refractivity contribution in [3.63, 3.8) is 0 Å². The Hall–Kier alpha value is 0.314. The van der Waals surface area contributed by atoms with Crippen LogP contribution in [-0.4, -0.2) is 41.1 Å². The predicted octanol–water partition coefficient (Wildman–Crippen LogP) is 5.33. The van der Waals surface area contributed by atoms with Gasteiger partial charge in [-0.05, 0) is 88.6 Å². The first-order valence-electron chi connectivity index (χ1n) is 10.8. The standard InChI is InChI=1S/C20H38O3Si2/c1-24(2,11-9-15-5-7-17-19(13-15)21-17)23-25(3,4)12-10-16-6-8-18-20(14-16)22-18/h15-20H,5-14H2,1-4H3. The minimum Gasteiger partial charge on any atom is -0.455 e. The lowest BCUT2D eigenvalue weighted by Crippen LogP contribution is -2.44. The molecule has 2 saturated carbocycles. The van der Waals surface area contributed by atoms with E-state index in [0.717, 1.165) is 11.8 Å². The highest BCUT2D eigenvalue weighted by atomic mass is 28.4. The lowest BCUT2D eigenvalue weighted by atomic mass is 9.88. The Morgan fingerprint density at radius 1 is 0.680 bits per heavy atom. The molecular weight excluding hydrogens is 344 g/mol. The fourth-order valence-corrected chi connectivity index (χ4v) is 14.5. The topological polar surface area (TPSA) is 34.3 Å². The van der Waals surface area contributed by atoms with E-state index in [-0.39, 0.29) is 0 Å². The van der Waals surface area contributed by atoms with E-state index in [9.17, 15) is 0 Å². The first kappa shape index (κ1) is 18.7. The van der Waals surface area contributed by atoms with Crippen molar-refractivity contribution in [1.29, 1.82) is 0 Å². The molecule has 4 rings (SSSR count). The van der Waals surface area contributed by atoms with Crippen molar-refractivity contribution >= 4 is 16.6 Å². The Labute approximate surface area is 156 Å². The monoisotopic (exact) mass is 382 g/mol. The second-order valence-corrected chi connectivity index (χ2v) is 19.3. The summed E-state index contributed by atoms with van der Waals surface area (Å²) in [4.78, 5) is 0. The Morgan fingerprint density at radius 2 is 1.12 bits per heavy atom. The summed E-state index contributed by atoms with van der Waals surface area (Å²) in [6, 6.07) is 2.68. The molecule has 2 aliphatic carbocycles. The van der Waals surface area contributed by atoms with Crippen LogP contribution in [0.3, 0.4) is 0 Å². The van der Waals surface area contributed by atoms with Crippen molar-refractivity contribution in [3.05, 3.63) is 0 Å². The van der Waals surface area contributed by atoms with Crippen molar-refractivity contribution in [2.24, 2.45) is 11.8 Å². The van der Waals surface area contributed by atoms with Gasteiger partial charge in [0.25, 0.3) is 0 Å². The van der Waals surface area contributed by atoms with Gasteiger partial charge in [-0.1, -0.05) is 12.8 Å². The molecule has 144 valence electrons. The number of epoxide rings is 2. The molecule has 0 amide bonds. The van der Waals surface area contributed by atoms with Crippen LogP contribution in [-0.2, 0) is 13.6 Å². The lowest BCUT2D eigenvalue weighted by molar-refractivity contribution is 0.352. The van der Waals surface area contributed by atoms with Crippen LogP contribution in [0, 0.1) is 11.8 Å². The number of fused-ring (bicyclic) bond motifs is 2. The van der Waals surface area contributed by atoms with Crippen molar-refractivity contribution in [2.45, 2.75) is 114 Å². The van der Waals surface area contributed by atoms with Gasteiger partial charge >= 0.3 is 0 Å². The maximum absolute atomic E-state index is 6.90. The van der Waals surface area contributed by atoms with Crippen LogP contribution in [0.5, 0.6) is 0 Å². The van der Waals surface area contributed by atoms with Crippen molar-refractivity contribution in [3.8, 4) is 0 Å². The normalized spacial score (nSPS) is 40.3. The first-order chi connectivity index (χ1) is 11.8. The van der Waals surface area contributed by atoms with Gasteiger partial charge in [-0.2, -0.15) is 0 Å². The van der Waals surface area contributed by atoms with E-state index in [1.165, 1.54) is 63.5 Å². The molecule has 4 fully saturated rings. The molecule has 0 N–H and O–H groups in total. The summed E-state index contributed by atoms with van der Waals surface area (Å²) in [5.74, 6) is 1.80. The molecule has 6 unspecified atom stereocenters. The maximum Gasteiger partial charge on any atom is 0.173 e. The summed E-state index contributed by atoms with van der Waals surface area (Å²) < 4.78 is 18.3. The van der Waals surface area contributed by atoms with Gasteiger partial charge in [0.1, 0.15) is 0 Å². The van der Waals surface area contributed by atoms with Gasteiger partial charge in [-0.25, -0.2) is 0 Å². The molecule has 0 aromatic heterocycles. The van der Waals surface area contributed by atoms with Gasteiger partial charge in [-0.15, -0.1) is 0 Å². The van der Waals surface area contributed by atoms with Crippen LogP contribution in [0.25, 0.3) is 0 Å². The zero-order valence-corrected chi connectivity index (χ0v) is 18.8. The minimum atomic E-state index is -1.53. The zero-order chi connectivity index (χ0) is 17.7. The molecule has 0 aromatic rings. The fourth-order valence-electron chi connectivity index (χ4n) is 5.45. The summed E-state index contributed by atoms with van der Waals surface area (Å²) in [6.45, 7) is 9.85. The van der Waals surface area contributed by atoms with Gasteiger partial charge < -0.3 is 13.6 Å². The minimum absolute atomic E-state index is 0.626. The van der Waals surface area contributed by atoms with Crippen molar-refractivity contribution in [2.75, 3.05) is 0 Å². The SMILES string of the molecule is C[Si](C)(CCC1CCC2OC2C1)O[Si](C)(C)CCC1CCC2OC2C1. The lowest BCUT2D eigenvalue weighted by Gasteiger charge is -2.36. The second-order valence-electron chi connectivity index (χ2n) is 10.5. The highest BCUT2D eigenvalue weighted by Gasteiger charge is 2.45. The van der Waals surface area contributed by atoms with Crippen LogP contribution in [0.15, 0.2) is 0 Å². The van der Waals surface area contributed by atoms with E-state index < -0.39 is 16.6 Å². The number of hydrogen-bond donors (Lipinski definition) is 0. The Bertz CT molecular complexity index is 440. The van der Waals surface area contributed by atoms with E-state index in [1.807, 2.05) is 0 Å². The third-order valence-corrected chi connectivity index (χ3v) is 14.5. The van der Waals surface area contributed by atoms with E-state index in [2.05, 4.69) is 26.2 Å². The predicted molar refractivity (Wildman–Crippen MR) is 107 cm³/mol. The smallest absolute Gasteiger partial charge is 0.173 e. The summed E-state index contributed by atoms with van der Waals surface area (Å²) in [7, 11) is -3.05. The summed E-state index contributed by atoms with van der Waals surface area (Å²) in [5.41, 5.74) is 0. The van der Waals surface area contributed by atoms with E-state index in [4.69, 9.17) is 13.6 Å². The summed E-state index contributed by atoms with van der Waals surface area (Å²) >= 11 is 0. The van der Waals surface area contributed by atoms with Gasteiger partial charge in [-0.3, -0.25) is 0 Å². The van der Waals surface area contributed by atoms with Crippen molar-refractivity contribution < 1.29 is 13.6 Å². The number of ether oxygens (including phenoxy) is 2. The van der Waals surface area contributed by atoms with Crippen LogP contribution in [0.1, 0.15) is 51.4 Å². The third kappa shape index (κ3) is 5.19. The fraction of sp³-hybridized carbons (Fsp3) is 1.00. The van der Waals surface area contributed by atoms with Crippen LogP contribution in [0.2, 0.25) is 38.3 Å². The molecule has 2 aliphatic heterocycles.